The minimum absolute atomic E-state index is 0.0273. The summed E-state index contributed by atoms with van der Waals surface area (Å²) in [6.45, 7) is 12.5. The molecular formula is C58H70N8O8S. The van der Waals surface area contributed by atoms with Gasteiger partial charge in [0.1, 0.15) is 28.6 Å². The topological polar surface area (TPSA) is 195 Å². The lowest BCUT2D eigenvalue weighted by Crippen LogP contribution is -2.60. The number of rotatable bonds is 17. The average molecular weight is 1040 g/mol. The number of anilines is 2. The van der Waals surface area contributed by atoms with Crippen molar-refractivity contribution in [3.8, 4) is 17.2 Å². The van der Waals surface area contributed by atoms with Gasteiger partial charge >= 0.3 is 0 Å². The number of amides is 1. The van der Waals surface area contributed by atoms with Gasteiger partial charge in [-0.05, 0) is 147 Å². The van der Waals surface area contributed by atoms with Gasteiger partial charge in [0.15, 0.2) is 0 Å². The molecule has 1 atom stereocenters. The van der Waals surface area contributed by atoms with E-state index in [4.69, 9.17) is 9.47 Å². The summed E-state index contributed by atoms with van der Waals surface area (Å²) < 4.78 is 41.7. The molecule has 4 aliphatic rings. The van der Waals surface area contributed by atoms with Crippen molar-refractivity contribution in [3.05, 3.63) is 142 Å². The van der Waals surface area contributed by atoms with Crippen LogP contribution >= 0.6 is 0 Å². The molecule has 1 spiro atoms. The predicted molar refractivity (Wildman–Crippen MR) is 291 cm³/mol. The number of piperazine rings is 1. The second kappa shape index (κ2) is 21.6. The van der Waals surface area contributed by atoms with E-state index in [1.807, 2.05) is 31.2 Å². The molecule has 396 valence electrons. The van der Waals surface area contributed by atoms with Gasteiger partial charge in [0.2, 0.25) is 0 Å². The molecule has 4 fully saturated rings. The minimum atomic E-state index is -4.59. The monoisotopic (exact) mass is 1040 g/mol. The Morgan fingerprint density at radius 2 is 1.69 bits per heavy atom. The van der Waals surface area contributed by atoms with E-state index in [0.717, 1.165) is 107 Å². The van der Waals surface area contributed by atoms with Gasteiger partial charge in [-0.25, -0.2) is 18.1 Å². The number of nitrogens with zero attached hydrogens (tertiary/aromatic N) is 5. The first-order chi connectivity index (χ1) is 36.0. The first kappa shape index (κ1) is 51.9. The lowest BCUT2D eigenvalue weighted by molar-refractivity contribution is -0.384. The number of ether oxygens (including phenoxy) is 2. The number of pyridine rings is 1. The molecule has 10 rings (SSSR count). The molecule has 75 heavy (non-hydrogen) atoms. The van der Waals surface area contributed by atoms with Crippen molar-refractivity contribution >= 4 is 44.0 Å². The molecule has 0 radical (unpaired) electrons. The third-order valence-electron chi connectivity index (χ3n) is 16.6. The zero-order chi connectivity index (χ0) is 52.5. The van der Waals surface area contributed by atoms with Crippen molar-refractivity contribution in [3.63, 3.8) is 0 Å². The summed E-state index contributed by atoms with van der Waals surface area (Å²) in [4.78, 5) is 40.6. The molecule has 1 amide bonds. The van der Waals surface area contributed by atoms with Crippen molar-refractivity contribution in [1.29, 1.82) is 0 Å². The van der Waals surface area contributed by atoms with Crippen LogP contribution in [-0.4, -0.2) is 109 Å². The van der Waals surface area contributed by atoms with Gasteiger partial charge in [-0.15, -0.1) is 0 Å². The van der Waals surface area contributed by atoms with Crippen LogP contribution in [0.5, 0.6) is 17.2 Å². The van der Waals surface area contributed by atoms with Crippen LogP contribution in [0.15, 0.2) is 114 Å². The van der Waals surface area contributed by atoms with Gasteiger partial charge in [0.05, 0.1) is 34.3 Å². The maximum Gasteiger partial charge on any atom is 0.293 e. The highest BCUT2D eigenvalue weighted by atomic mass is 32.2. The Hall–Kier alpha value is -6.53. The number of hydrogen-bond acceptors (Lipinski definition) is 13. The van der Waals surface area contributed by atoms with Crippen LogP contribution in [0.3, 0.4) is 0 Å². The predicted octanol–water partition coefficient (Wildman–Crippen LogP) is 10.2. The lowest BCUT2D eigenvalue weighted by Gasteiger charge is -2.58. The van der Waals surface area contributed by atoms with Crippen LogP contribution < -0.4 is 24.4 Å². The van der Waals surface area contributed by atoms with Gasteiger partial charge in [0, 0.05) is 87.3 Å². The SMILES string of the molecule is COc1ccc(CCN2CCN(C3CC4(CCN(c5ccc(C(=O)NS(=O)(=O)c6ccc(NC[C@H]7CC[C@](C)(O)CC7)c([N+](=O)[O-])c6)c(Oc6cnc7[nH]ccc7c6)c5)CC4)C3)C(c3ccccc3C(C)C)C2)cc1. The highest BCUT2D eigenvalue weighted by molar-refractivity contribution is 7.90. The van der Waals surface area contributed by atoms with Crippen LogP contribution in [0, 0.1) is 21.4 Å². The molecule has 2 aliphatic carbocycles. The molecular weight excluding hydrogens is 969 g/mol. The maximum absolute atomic E-state index is 14.1. The van der Waals surface area contributed by atoms with E-state index in [2.05, 4.69) is 85.0 Å². The fourth-order valence-corrected chi connectivity index (χ4v) is 13.1. The standard InChI is InChI=1S/C58H70N8O8S/c1-39(2)48-7-5-6-8-49(48)53-38-63(26-20-40-9-12-45(73-4)13-10-40)29-30-65(53)44-34-58(35-44)23-27-64(28-24-58)43-11-15-50(54(32-43)74-46-31-42-19-25-59-55(42)61-37-46)56(67)62-75(71,72)47-14-16-51(52(33-47)66(69)70)60-36-41-17-21-57(3,68)22-18-41/h5-16,19,25,31-33,37,39,41,44,53,60,68H,17-18,20-24,26-30,34-36,38H2,1-4H3,(H,59,61)(H,62,67)/t41-,53?,57-. The third kappa shape index (κ3) is 11.7. The first-order valence-corrected chi connectivity index (χ1v) is 28.0. The number of nitro benzene ring substituents is 1. The molecule has 2 saturated carbocycles. The number of H-pyrrole nitrogens is 1. The summed E-state index contributed by atoms with van der Waals surface area (Å²) in [6.07, 6.45) is 11.4. The summed E-state index contributed by atoms with van der Waals surface area (Å²) in [6, 6.07) is 30.7. The molecule has 6 aromatic rings. The van der Waals surface area contributed by atoms with Crippen LogP contribution in [0.1, 0.15) is 111 Å². The molecule has 4 N–H and O–H groups in total. The number of aromatic nitrogens is 2. The largest absolute Gasteiger partial charge is 0.497 e. The fraction of sp³-hybridized carbons (Fsp3) is 0.448. The second-order valence-corrected chi connectivity index (χ2v) is 23.7. The number of sulfonamides is 1. The molecule has 2 aromatic heterocycles. The number of aliphatic hydroxyl groups is 1. The molecule has 4 aromatic carbocycles. The summed E-state index contributed by atoms with van der Waals surface area (Å²) in [5.41, 5.74) is 4.94. The van der Waals surface area contributed by atoms with Crippen molar-refractivity contribution in [2.24, 2.45) is 11.3 Å². The number of carbonyl (C=O) groups is 1. The van der Waals surface area contributed by atoms with Gasteiger partial charge in [-0.1, -0.05) is 50.2 Å². The molecule has 16 nitrogen and oxygen atoms in total. The van der Waals surface area contributed by atoms with E-state index >= 15 is 0 Å². The average Bonchev–Trinajstić information content (AvgIpc) is 3.87. The number of aromatic amines is 1. The van der Waals surface area contributed by atoms with Crippen LogP contribution in [0.4, 0.5) is 17.1 Å². The normalized spacial score (nSPS) is 21.5. The summed E-state index contributed by atoms with van der Waals surface area (Å²) in [5, 5.41) is 26.5. The van der Waals surface area contributed by atoms with E-state index in [-0.39, 0.29) is 28.3 Å². The number of hydrogen-bond donors (Lipinski definition) is 4. The Kier molecular flexibility index (Phi) is 15.0. The highest BCUT2D eigenvalue weighted by Gasteiger charge is 2.50. The number of nitrogens with one attached hydrogen (secondary N) is 3. The van der Waals surface area contributed by atoms with E-state index in [1.54, 1.807) is 37.7 Å². The zero-order valence-corrected chi connectivity index (χ0v) is 44.3. The quantitative estimate of drug-likeness (QED) is 0.0498. The van der Waals surface area contributed by atoms with Gasteiger partial charge < -0.3 is 29.8 Å². The van der Waals surface area contributed by atoms with Gasteiger partial charge in [0.25, 0.3) is 21.6 Å². The molecule has 17 heteroatoms. The van der Waals surface area contributed by atoms with Crippen molar-refractivity contribution in [2.45, 2.75) is 107 Å². The maximum atomic E-state index is 14.1. The molecule has 0 bridgehead atoms. The van der Waals surface area contributed by atoms with Crippen molar-refractivity contribution in [1.82, 2.24) is 24.5 Å². The molecule has 4 heterocycles. The Balaban J connectivity index is 0.822. The van der Waals surface area contributed by atoms with Crippen molar-refractivity contribution in [2.75, 3.05) is 63.1 Å². The van der Waals surface area contributed by atoms with E-state index < -0.39 is 37.0 Å². The molecule has 2 saturated heterocycles. The number of benzene rings is 4. The van der Waals surface area contributed by atoms with Crippen LogP contribution in [0.25, 0.3) is 11.0 Å². The van der Waals surface area contributed by atoms with E-state index in [1.165, 1.54) is 28.8 Å². The van der Waals surface area contributed by atoms with Crippen LogP contribution in [-0.2, 0) is 16.4 Å². The van der Waals surface area contributed by atoms with E-state index in [0.29, 0.717) is 48.8 Å². The summed E-state index contributed by atoms with van der Waals surface area (Å²) in [7, 11) is -2.88. The smallest absolute Gasteiger partial charge is 0.293 e. The Morgan fingerprint density at radius 3 is 2.43 bits per heavy atom. The van der Waals surface area contributed by atoms with Crippen molar-refractivity contribution < 1.29 is 32.7 Å². The Labute approximate surface area is 440 Å². The Bertz CT molecular complexity index is 3120. The Morgan fingerprint density at radius 1 is 0.933 bits per heavy atom. The summed E-state index contributed by atoms with van der Waals surface area (Å²) in [5.74, 6) is 1.06. The first-order valence-electron chi connectivity index (χ1n) is 26.6. The fourth-order valence-electron chi connectivity index (χ4n) is 12.1. The number of methoxy groups -OCH3 is 1. The number of piperidine rings is 1. The number of carbonyl (C=O) groups excluding carboxylic acids is 1. The van der Waals surface area contributed by atoms with Gasteiger partial charge in [-0.3, -0.25) is 24.7 Å². The minimum Gasteiger partial charge on any atom is -0.497 e. The van der Waals surface area contributed by atoms with Crippen LogP contribution in [0.2, 0.25) is 0 Å². The van der Waals surface area contributed by atoms with Gasteiger partial charge in [-0.2, -0.15) is 0 Å². The number of fused-ring (bicyclic) bond motifs is 1. The second-order valence-electron chi connectivity index (χ2n) is 22.0. The highest BCUT2D eigenvalue weighted by Crippen LogP contribution is 2.53. The molecule has 2 aliphatic heterocycles. The number of nitro groups is 1. The third-order valence-corrected chi connectivity index (χ3v) is 18.0. The lowest BCUT2D eigenvalue weighted by atomic mass is 9.59. The zero-order valence-electron chi connectivity index (χ0n) is 43.5. The summed E-state index contributed by atoms with van der Waals surface area (Å²) >= 11 is 0. The van der Waals surface area contributed by atoms with E-state index in [9.17, 15) is 28.4 Å². The molecule has 1 unspecified atom stereocenters.